The molecule has 0 aliphatic rings. The fourth-order valence-corrected chi connectivity index (χ4v) is 2.43. The third kappa shape index (κ3) is 4.68. The van der Waals surface area contributed by atoms with E-state index in [1.54, 1.807) is 36.4 Å². The first-order valence-electron chi connectivity index (χ1n) is 5.78. The Morgan fingerprint density at radius 3 is 2.38 bits per heavy atom. The van der Waals surface area contributed by atoms with E-state index in [4.69, 9.17) is 51.1 Å². The minimum absolute atomic E-state index is 0.218. The van der Waals surface area contributed by atoms with Crippen LogP contribution in [-0.4, -0.2) is 12.5 Å². The topological polar surface area (TPSA) is 38.3 Å². The molecule has 0 unspecified atom stereocenters. The zero-order valence-corrected chi connectivity index (χ0v) is 13.5. The number of halogens is 4. The zero-order chi connectivity index (χ0) is 15.4. The maximum atomic E-state index is 11.8. The Labute approximate surface area is 141 Å². The average Bonchev–Trinajstić information content (AvgIpc) is 2.39. The van der Waals surface area contributed by atoms with Crippen LogP contribution in [0.3, 0.4) is 0 Å². The maximum absolute atomic E-state index is 11.8. The van der Waals surface area contributed by atoms with Crippen molar-refractivity contribution in [1.82, 2.24) is 0 Å². The van der Waals surface area contributed by atoms with Gasteiger partial charge in [-0.1, -0.05) is 52.5 Å². The summed E-state index contributed by atoms with van der Waals surface area (Å²) in [5, 5.41) is 4.09. The van der Waals surface area contributed by atoms with Crippen molar-refractivity contribution in [3.63, 3.8) is 0 Å². The first-order valence-corrected chi connectivity index (χ1v) is 7.29. The molecule has 0 aliphatic heterocycles. The minimum Gasteiger partial charge on any atom is -0.482 e. The highest BCUT2D eigenvalue weighted by Gasteiger charge is 2.09. The van der Waals surface area contributed by atoms with Gasteiger partial charge in [-0.05, 0) is 30.3 Å². The molecule has 0 aliphatic carbocycles. The van der Waals surface area contributed by atoms with Gasteiger partial charge < -0.3 is 10.1 Å². The molecule has 1 amide bonds. The molecule has 2 aromatic carbocycles. The van der Waals surface area contributed by atoms with Crippen LogP contribution in [0.5, 0.6) is 5.75 Å². The molecule has 0 aromatic heterocycles. The number of rotatable bonds is 4. The van der Waals surface area contributed by atoms with Crippen molar-refractivity contribution < 1.29 is 9.53 Å². The Morgan fingerprint density at radius 2 is 1.71 bits per heavy atom. The van der Waals surface area contributed by atoms with Crippen LogP contribution in [0, 0.1) is 0 Å². The van der Waals surface area contributed by atoms with Gasteiger partial charge in [-0.25, -0.2) is 0 Å². The van der Waals surface area contributed by atoms with E-state index in [0.717, 1.165) is 0 Å². The first kappa shape index (κ1) is 16.2. The van der Waals surface area contributed by atoms with Crippen molar-refractivity contribution in [2.24, 2.45) is 0 Å². The van der Waals surface area contributed by atoms with Gasteiger partial charge >= 0.3 is 0 Å². The molecule has 7 heteroatoms. The van der Waals surface area contributed by atoms with Crippen molar-refractivity contribution in [2.45, 2.75) is 0 Å². The third-order valence-corrected chi connectivity index (χ3v) is 3.66. The Hall–Kier alpha value is -1.13. The summed E-state index contributed by atoms with van der Waals surface area (Å²) in [4.78, 5) is 11.8. The van der Waals surface area contributed by atoms with Gasteiger partial charge in [-0.3, -0.25) is 4.79 Å². The maximum Gasteiger partial charge on any atom is 0.262 e. The number of nitrogens with one attached hydrogen (secondary N) is 1. The molecule has 2 aromatic rings. The van der Waals surface area contributed by atoms with Crippen LogP contribution >= 0.6 is 46.4 Å². The van der Waals surface area contributed by atoms with Gasteiger partial charge in [0.25, 0.3) is 5.91 Å². The van der Waals surface area contributed by atoms with Crippen molar-refractivity contribution >= 4 is 58.0 Å². The summed E-state index contributed by atoms with van der Waals surface area (Å²) in [6, 6.07) is 9.66. The predicted molar refractivity (Wildman–Crippen MR) is 87.0 cm³/mol. The van der Waals surface area contributed by atoms with E-state index in [2.05, 4.69) is 5.32 Å². The van der Waals surface area contributed by atoms with E-state index in [-0.39, 0.29) is 17.5 Å². The molecule has 0 saturated heterocycles. The van der Waals surface area contributed by atoms with Gasteiger partial charge in [0.15, 0.2) is 6.61 Å². The normalized spacial score (nSPS) is 10.3. The minimum atomic E-state index is -0.371. The molecule has 0 atom stereocenters. The van der Waals surface area contributed by atoms with Crippen molar-refractivity contribution in [3.05, 3.63) is 56.5 Å². The van der Waals surface area contributed by atoms with E-state index in [9.17, 15) is 4.79 Å². The molecule has 0 radical (unpaired) electrons. The van der Waals surface area contributed by atoms with E-state index in [1.807, 2.05) is 0 Å². The highest BCUT2D eigenvalue weighted by molar-refractivity contribution is 6.42. The fraction of sp³-hybridized carbons (Fsp3) is 0.0714. The molecule has 21 heavy (non-hydrogen) atoms. The van der Waals surface area contributed by atoms with Gasteiger partial charge in [0, 0.05) is 15.7 Å². The lowest BCUT2D eigenvalue weighted by Crippen LogP contribution is -2.20. The SMILES string of the molecule is O=C(COc1cccc(Cl)c1Cl)Nc1cc(Cl)cc(Cl)c1. The van der Waals surface area contributed by atoms with E-state index >= 15 is 0 Å². The second-order valence-electron chi connectivity index (χ2n) is 4.05. The van der Waals surface area contributed by atoms with Gasteiger partial charge in [-0.2, -0.15) is 0 Å². The van der Waals surface area contributed by atoms with Crippen molar-refractivity contribution in [3.8, 4) is 5.75 Å². The van der Waals surface area contributed by atoms with Crippen LogP contribution in [0.1, 0.15) is 0 Å². The van der Waals surface area contributed by atoms with Crippen LogP contribution < -0.4 is 10.1 Å². The standard InChI is InChI=1S/C14H9Cl4NO2/c15-8-4-9(16)6-10(5-8)19-13(20)7-21-12-3-1-2-11(17)14(12)18/h1-6H,7H2,(H,19,20). The number of hydrogen-bond donors (Lipinski definition) is 1. The molecule has 110 valence electrons. The van der Waals surface area contributed by atoms with Gasteiger partial charge in [0.05, 0.1) is 5.02 Å². The first-order chi connectivity index (χ1) is 9.95. The van der Waals surface area contributed by atoms with Gasteiger partial charge in [0.2, 0.25) is 0 Å². The van der Waals surface area contributed by atoms with Crippen LogP contribution in [0.15, 0.2) is 36.4 Å². The highest BCUT2D eigenvalue weighted by Crippen LogP contribution is 2.31. The summed E-state index contributed by atoms with van der Waals surface area (Å²) in [6.45, 7) is -0.218. The molecule has 0 saturated carbocycles. The number of carbonyl (C=O) groups excluding carboxylic acids is 1. The van der Waals surface area contributed by atoms with Gasteiger partial charge in [-0.15, -0.1) is 0 Å². The molecule has 0 spiro atoms. The Bertz CT molecular complexity index is 656. The quantitative estimate of drug-likeness (QED) is 0.797. The molecular formula is C14H9Cl4NO2. The lowest BCUT2D eigenvalue weighted by atomic mass is 10.3. The van der Waals surface area contributed by atoms with E-state index in [0.29, 0.717) is 26.5 Å². The lowest BCUT2D eigenvalue weighted by molar-refractivity contribution is -0.118. The molecule has 1 N–H and O–H groups in total. The van der Waals surface area contributed by atoms with Crippen LogP contribution in [0.4, 0.5) is 5.69 Å². The number of benzene rings is 2. The van der Waals surface area contributed by atoms with E-state index < -0.39 is 0 Å². The van der Waals surface area contributed by atoms with Gasteiger partial charge in [0.1, 0.15) is 10.8 Å². The number of carbonyl (C=O) groups is 1. The highest BCUT2D eigenvalue weighted by atomic mass is 35.5. The smallest absolute Gasteiger partial charge is 0.262 e. The van der Waals surface area contributed by atoms with Crippen molar-refractivity contribution in [1.29, 1.82) is 0 Å². The molecule has 3 nitrogen and oxygen atoms in total. The summed E-state index contributed by atoms with van der Waals surface area (Å²) in [7, 11) is 0. The summed E-state index contributed by atoms with van der Waals surface area (Å²) >= 11 is 23.5. The molecular weight excluding hydrogens is 356 g/mol. The predicted octanol–water partition coefficient (Wildman–Crippen LogP) is 5.32. The monoisotopic (exact) mass is 363 g/mol. The summed E-state index contributed by atoms with van der Waals surface area (Å²) in [5.74, 6) is -0.0344. The zero-order valence-electron chi connectivity index (χ0n) is 10.5. The van der Waals surface area contributed by atoms with Crippen LogP contribution in [0.2, 0.25) is 20.1 Å². The van der Waals surface area contributed by atoms with Crippen LogP contribution in [-0.2, 0) is 4.79 Å². The second kappa shape index (κ2) is 7.23. The average molecular weight is 365 g/mol. The molecule has 0 heterocycles. The summed E-state index contributed by atoms with van der Waals surface area (Å²) in [5.41, 5.74) is 0.485. The third-order valence-electron chi connectivity index (χ3n) is 2.42. The summed E-state index contributed by atoms with van der Waals surface area (Å²) in [6.07, 6.45) is 0. The van der Waals surface area contributed by atoms with E-state index in [1.165, 1.54) is 0 Å². The fourth-order valence-electron chi connectivity index (χ4n) is 1.56. The van der Waals surface area contributed by atoms with Crippen LogP contribution in [0.25, 0.3) is 0 Å². The van der Waals surface area contributed by atoms with Crippen molar-refractivity contribution in [2.75, 3.05) is 11.9 Å². The Balaban J connectivity index is 1.97. The largest absolute Gasteiger partial charge is 0.482 e. The summed E-state index contributed by atoms with van der Waals surface area (Å²) < 4.78 is 5.32. The number of hydrogen-bond acceptors (Lipinski definition) is 2. The molecule has 0 bridgehead atoms. The Morgan fingerprint density at radius 1 is 1.05 bits per heavy atom. The number of ether oxygens (including phenoxy) is 1. The molecule has 0 fully saturated rings. The number of amides is 1. The molecule has 2 rings (SSSR count). The Kier molecular flexibility index (Phi) is 5.59. The number of anilines is 1. The lowest BCUT2D eigenvalue weighted by Gasteiger charge is -2.10. The second-order valence-corrected chi connectivity index (χ2v) is 5.70.